The summed E-state index contributed by atoms with van der Waals surface area (Å²) in [4.78, 5) is 59.2. The van der Waals surface area contributed by atoms with Gasteiger partial charge in [0.05, 0.1) is 42.4 Å². The van der Waals surface area contributed by atoms with E-state index in [9.17, 15) is 19.5 Å². The number of hydrogen-bond donors (Lipinski definition) is 1. The van der Waals surface area contributed by atoms with E-state index in [-0.39, 0.29) is 24.5 Å². The molecule has 48 heavy (non-hydrogen) atoms. The van der Waals surface area contributed by atoms with E-state index in [1.165, 1.54) is 27.4 Å². The van der Waals surface area contributed by atoms with Crippen LogP contribution < -0.4 is 21.0 Å². The third kappa shape index (κ3) is 4.05. The van der Waals surface area contributed by atoms with E-state index < -0.39 is 46.5 Å². The Labute approximate surface area is 279 Å². The largest absolute Gasteiger partial charge is 0.504 e. The summed E-state index contributed by atoms with van der Waals surface area (Å²) < 4.78 is 9.47. The van der Waals surface area contributed by atoms with Crippen molar-refractivity contribution in [3.63, 3.8) is 0 Å². The Morgan fingerprint density at radius 1 is 0.833 bits per heavy atom. The molecule has 1 aromatic heterocycles. The van der Waals surface area contributed by atoms with Crippen molar-refractivity contribution >= 4 is 29.1 Å². The summed E-state index contributed by atoms with van der Waals surface area (Å²) in [6.45, 7) is 0.0706. The topological polar surface area (TPSA) is 116 Å². The first-order valence-corrected chi connectivity index (χ1v) is 15.9. The summed E-state index contributed by atoms with van der Waals surface area (Å²) >= 11 is 6.37. The molecule has 0 unspecified atom stereocenters. The molecule has 1 saturated heterocycles. The Hall–Kier alpha value is -5.61. The van der Waals surface area contributed by atoms with Crippen molar-refractivity contribution in [2.24, 2.45) is 5.92 Å². The molecule has 2 aliphatic heterocycles. The summed E-state index contributed by atoms with van der Waals surface area (Å²) in [5, 5.41) is 11.0. The lowest BCUT2D eigenvalue weighted by Gasteiger charge is -2.49. The molecule has 1 saturated carbocycles. The predicted molar refractivity (Wildman–Crippen MR) is 179 cm³/mol. The monoisotopic (exact) mass is 660 g/mol. The van der Waals surface area contributed by atoms with Crippen LogP contribution in [0.4, 0.5) is 5.69 Å². The van der Waals surface area contributed by atoms with E-state index in [0.717, 1.165) is 4.57 Å². The van der Waals surface area contributed by atoms with E-state index in [0.29, 0.717) is 33.1 Å². The van der Waals surface area contributed by atoms with Crippen molar-refractivity contribution in [1.29, 1.82) is 0 Å². The molecule has 0 radical (unpaired) electrons. The molecule has 1 N–H and O–H groups in total. The average Bonchev–Trinajstić information content (AvgIpc) is 3.50. The molecule has 240 valence electrons. The van der Waals surface area contributed by atoms with Gasteiger partial charge in [-0.05, 0) is 65.6 Å². The zero-order valence-electron chi connectivity index (χ0n) is 25.7. The van der Waals surface area contributed by atoms with Gasteiger partial charge in [0.25, 0.3) is 0 Å². The number of anilines is 1. The maximum Gasteiger partial charge on any atom is 0.352 e. The van der Waals surface area contributed by atoms with Gasteiger partial charge in [-0.2, -0.15) is 0 Å². The second-order valence-corrected chi connectivity index (χ2v) is 12.7. The number of amides is 2. The number of ether oxygens (including phenoxy) is 1. The van der Waals surface area contributed by atoms with Crippen LogP contribution in [0.5, 0.6) is 11.5 Å². The number of aromatic hydroxyl groups is 1. The van der Waals surface area contributed by atoms with Gasteiger partial charge in [0.1, 0.15) is 0 Å². The number of carbonyl (C=O) groups excluding carboxylic acids is 2. The molecule has 2 amide bonds. The molecule has 4 aromatic carbocycles. The van der Waals surface area contributed by atoms with Crippen molar-refractivity contribution in [2.45, 2.75) is 30.3 Å². The Balaban J connectivity index is 1.42. The Kier molecular flexibility index (Phi) is 6.81. The minimum atomic E-state index is -1.46. The molecular weight excluding hydrogens is 632 g/mol. The van der Waals surface area contributed by atoms with Crippen molar-refractivity contribution in [3.05, 3.63) is 152 Å². The van der Waals surface area contributed by atoms with Crippen LogP contribution in [0.2, 0.25) is 5.02 Å². The van der Waals surface area contributed by atoms with Gasteiger partial charge in [-0.3, -0.25) is 9.59 Å². The SMILES string of the molecule is COc1cc([C@H]2C3=CCn4c(=O)n(-c5ccccc5)c(=O)n4[C@@H]3C[C@H]3C(=O)N(c4cccc(Cl)c4)C(=O)[C@@]23c2ccccc2)ccc1O. The van der Waals surface area contributed by atoms with Gasteiger partial charge < -0.3 is 9.84 Å². The highest BCUT2D eigenvalue weighted by Crippen LogP contribution is 2.62. The van der Waals surface area contributed by atoms with Gasteiger partial charge in [0.2, 0.25) is 11.8 Å². The number of methoxy groups -OCH3 is 1. The zero-order chi connectivity index (χ0) is 33.3. The van der Waals surface area contributed by atoms with Crippen LogP contribution in [0, 0.1) is 5.92 Å². The van der Waals surface area contributed by atoms with Crippen LogP contribution in [0.25, 0.3) is 5.69 Å². The number of para-hydroxylation sites is 1. The molecular formula is C37H29ClN4O6. The number of phenolic OH excluding ortho intramolecular Hbond substituents is 1. The fourth-order valence-electron chi connectivity index (χ4n) is 8.05. The number of phenols is 1. The number of halogens is 1. The highest BCUT2D eigenvalue weighted by atomic mass is 35.5. The maximum atomic E-state index is 15.2. The molecule has 3 heterocycles. The fourth-order valence-corrected chi connectivity index (χ4v) is 8.24. The Bertz CT molecular complexity index is 2270. The van der Waals surface area contributed by atoms with Crippen LogP contribution in [0.1, 0.15) is 29.5 Å². The smallest absolute Gasteiger partial charge is 0.352 e. The summed E-state index contributed by atoms with van der Waals surface area (Å²) in [5.74, 6) is -2.51. The number of aromatic nitrogens is 3. The minimum absolute atomic E-state index is 0.0706. The standard InChI is InChI=1S/C37H29ClN4O6/c1-48-31-19-22(15-16-30(31)43)32-27-17-18-39-35(46)41(25-12-6-3-7-13-25)36(47)42(39)29(27)21-28-33(44)40(26-14-8-11-24(38)20-26)34(45)37(28,32)23-9-4-2-5-10-23/h2-17,19-20,28-29,32,43H,18,21H2,1H3/t28-,29+,32-,37+/m0/s1. The van der Waals surface area contributed by atoms with Gasteiger partial charge in [0.15, 0.2) is 11.5 Å². The highest BCUT2D eigenvalue weighted by Gasteiger charge is 2.68. The third-order valence-corrected chi connectivity index (χ3v) is 10.2. The molecule has 11 heteroatoms. The summed E-state index contributed by atoms with van der Waals surface area (Å²) in [6, 6.07) is 28.7. The first kappa shape index (κ1) is 29.8. The van der Waals surface area contributed by atoms with Crippen LogP contribution in [0.15, 0.2) is 124 Å². The van der Waals surface area contributed by atoms with Crippen molar-refractivity contribution in [3.8, 4) is 17.2 Å². The predicted octanol–water partition coefficient (Wildman–Crippen LogP) is 4.96. The van der Waals surface area contributed by atoms with Crippen molar-refractivity contribution in [2.75, 3.05) is 12.0 Å². The average molecular weight is 661 g/mol. The lowest BCUT2D eigenvalue weighted by molar-refractivity contribution is -0.124. The fraction of sp³-hybridized carbons (Fsp3) is 0.189. The van der Waals surface area contributed by atoms with Gasteiger partial charge in [-0.15, -0.1) is 0 Å². The number of benzene rings is 4. The number of imide groups is 1. The normalized spacial score (nSPS) is 22.9. The summed E-state index contributed by atoms with van der Waals surface area (Å²) in [6.07, 6.45) is 1.97. The number of hydrogen-bond acceptors (Lipinski definition) is 6. The molecule has 0 spiro atoms. The number of allylic oxidation sites excluding steroid dienone is 2. The zero-order valence-corrected chi connectivity index (χ0v) is 26.4. The second-order valence-electron chi connectivity index (χ2n) is 12.2. The molecule has 0 bridgehead atoms. The molecule has 8 rings (SSSR count). The lowest BCUT2D eigenvalue weighted by Crippen LogP contribution is -2.53. The van der Waals surface area contributed by atoms with Crippen LogP contribution in [-0.2, 0) is 21.5 Å². The summed E-state index contributed by atoms with van der Waals surface area (Å²) in [7, 11) is 1.44. The number of carbonyl (C=O) groups is 2. The second kappa shape index (κ2) is 11.0. The van der Waals surface area contributed by atoms with Crippen LogP contribution in [0.3, 0.4) is 0 Å². The first-order valence-electron chi connectivity index (χ1n) is 15.5. The number of rotatable bonds is 5. The maximum absolute atomic E-state index is 15.2. The molecule has 4 atom stereocenters. The Morgan fingerprint density at radius 3 is 2.25 bits per heavy atom. The van der Waals surface area contributed by atoms with Gasteiger partial charge in [0, 0.05) is 10.9 Å². The Morgan fingerprint density at radius 2 is 1.54 bits per heavy atom. The molecule has 5 aromatic rings. The molecule has 3 aliphatic rings. The van der Waals surface area contributed by atoms with Crippen molar-refractivity contribution < 1.29 is 19.4 Å². The molecule has 10 nitrogen and oxygen atoms in total. The summed E-state index contributed by atoms with van der Waals surface area (Å²) in [5.41, 5.74) is 0.213. The van der Waals surface area contributed by atoms with Crippen LogP contribution in [-0.4, -0.2) is 38.0 Å². The molecule has 2 fully saturated rings. The quantitative estimate of drug-likeness (QED) is 0.210. The van der Waals surface area contributed by atoms with E-state index in [4.69, 9.17) is 16.3 Å². The number of fused-ring (bicyclic) bond motifs is 4. The first-order chi connectivity index (χ1) is 23.3. The lowest BCUT2D eigenvalue weighted by atomic mass is 9.53. The van der Waals surface area contributed by atoms with E-state index in [1.807, 2.05) is 36.4 Å². The van der Waals surface area contributed by atoms with Crippen LogP contribution >= 0.6 is 11.6 Å². The highest BCUT2D eigenvalue weighted by molar-refractivity contribution is 6.32. The van der Waals surface area contributed by atoms with Gasteiger partial charge in [-0.1, -0.05) is 78.3 Å². The number of nitrogens with zero attached hydrogens (tertiary/aromatic N) is 4. The van der Waals surface area contributed by atoms with E-state index in [1.54, 1.807) is 66.7 Å². The minimum Gasteiger partial charge on any atom is -0.504 e. The van der Waals surface area contributed by atoms with E-state index >= 15 is 4.79 Å². The van der Waals surface area contributed by atoms with Crippen molar-refractivity contribution in [1.82, 2.24) is 13.9 Å². The van der Waals surface area contributed by atoms with Gasteiger partial charge >= 0.3 is 11.4 Å². The molecule has 1 aliphatic carbocycles. The van der Waals surface area contributed by atoms with E-state index in [2.05, 4.69) is 0 Å². The van der Waals surface area contributed by atoms with Gasteiger partial charge in [-0.25, -0.2) is 28.4 Å². The third-order valence-electron chi connectivity index (χ3n) is 9.98.